The fourth-order valence-electron chi connectivity index (χ4n) is 1.44. The van der Waals surface area contributed by atoms with Crippen LogP contribution in [-0.4, -0.2) is 51.8 Å². The maximum atomic E-state index is 11.5. The molecule has 0 saturated carbocycles. The van der Waals surface area contributed by atoms with Crippen LogP contribution in [0.15, 0.2) is 24.3 Å². The first-order chi connectivity index (χ1) is 10.1. The Morgan fingerprint density at radius 3 is 2.57 bits per heavy atom. The minimum Gasteiger partial charge on any atom is -0.484 e. The SMILES string of the molecule is COCCOCCNC(=O)COc1ccc(C(=N)N)cc1. The summed E-state index contributed by atoms with van der Waals surface area (Å²) in [4.78, 5) is 11.5. The molecule has 21 heavy (non-hydrogen) atoms. The number of carbonyl (C=O) groups excluding carboxylic acids is 1. The maximum absolute atomic E-state index is 11.5. The summed E-state index contributed by atoms with van der Waals surface area (Å²) in [6.07, 6.45) is 0. The van der Waals surface area contributed by atoms with Gasteiger partial charge in [0.25, 0.3) is 5.91 Å². The second kappa shape index (κ2) is 9.73. The van der Waals surface area contributed by atoms with Crippen LogP contribution in [-0.2, 0) is 14.3 Å². The van der Waals surface area contributed by atoms with Crippen LogP contribution in [0, 0.1) is 5.41 Å². The molecule has 0 atom stereocenters. The molecule has 0 bridgehead atoms. The summed E-state index contributed by atoms with van der Waals surface area (Å²) in [7, 11) is 1.60. The van der Waals surface area contributed by atoms with Crippen molar-refractivity contribution in [3.63, 3.8) is 0 Å². The molecule has 1 aromatic rings. The molecule has 0 aliphatic heterocycles. The monoisotopic (exact) mass is 295 g/mol. The van der Waals surface area contributed by atoms with Gasteiger partial charge in [-0.15, -0.1) is 0 Å². The Bertz CT molecular complexity index is 448. The molecule has 0 radical (unpaired) electrons. The van der Waals surface area contributed by atoms with Crippen LogP contribution in [0.1, 0.15) is 5.56 Å². The zero-order valence-electron chi connectivity index (χ0n) is 12.1. The number of rotatable bonds is 10. The van der Waals surface area contributed by atoms with Crippen LogP contribution >= 0.6 is 0 Å². The number of nitrogens with two attached hydrogens (primary N) is 1. The van der Waals surface area contributed by atoms with Crippen LogP contribution < -0.4 is 15.8 Å². The second-order valence-electron chi connectivity index (χ2n) is 4.18. The Hall–Kier alpha value is -2.12. The van der Waals surface area contributed by atoms with Crippen molar-refractivity contribution in [2.24, 2.45) is 5.73 Å². The van der Waals surface area contributed by atoms with E-state index in [2.05, 4.69) is 5.32 Å². The van der Waals surface area contributed by atoms with Crippen molar-refractivity contribution in [1.29, 1.82) is 5.41 Å². The molecule has 1 amide bonds. The van der Waals surface area contributed by atoms with E-state index < -0.39 is 0 Å². The van der Waals surface area contributed by atoms with Crippen LogP contribution in [0.3, 0.4) is 0 Å². The number of amides is 1. The smallest absolute Gasteiger partial charge is 0.258 e. The number of nitrogens with one attached hydrogen (secondary N) is 2. The Kier molecular flexibility index (Phi) is 7.85. The number of carbonyl (C=O) groups is 1. The quantitative estimate of drug-likeness (QED) is 0.323. The first kappa shape index (κ1) is 16.9. The lowest BCUT2D eigenvalue weighted by Crippen LogP contribution is -2.31. The predicted molar refractivity (Wildman–Crippen MR) is 78.7 cm³/mol. The van der Waals surface area contributed by atoms with Crippen molar-refractivity contribution in [2.75, 3.05) is 40.1 Å². The van der Waals surface area contributed by atoms with Crippen LogP contribution in [0.5, 0.6) is 5.75 Å². The molecular weight excluding hydrogens is 274 g/mol. The molecule has 0 aliphatic carbocycles. The maximum Gasteiger partial charge on any atom is 0.258 e. The highest BCUT2D eigenvalue weighted by molar-refractivity contribution is 5.94. The van der Waals surface area contributed by atoms with Crippen molar-refractivity contribution in [1.82, 2.24) is 5.32 Å². The summed E-state index contributed by atoms with van der Waals surface area (Å²) in [5.41, 5.74) is 5.95. The minimum atomic E-state index is -0.221. The van der Waals surface area contributed by atoms with Crippen molar-refractivity contribution in [2.45, 2.75) is 0 Å². The van der Waals surface area contributed by atoms with Gasteiger partial charge in [0.1, 0.15) is 11.6 Å². The van der Waals surface area contributed by atoms with Crippen molar-refractivity contribution in [3.05, 3.63) is 29.8 Å². The molecule has 4 N–H and O–H groups in total. The Morgan fingerprint density at radius 2 is 1.95 bits per heavy atom. The number of methoxy groups -OCH3 is 1. The molecule has 116 valence electrons. The highest BCUT2D eigenvalue weighted by Crippen LogP contribution is 2.11. The third-order valence-electron chi connectivity index (χ3n) is 2.54. The average Bonchev–Trinajstić information content (AvgIpc) is 2.49. The summed E-state index contributed by atoms with van der Waals surface area (Å²) in [6.45, 7) is 1.83. The summed E-state index contributed by atoms with van der Waals surface area (Å²) >= 11 is 0. The molecule has 0 unspecified atom stereocenters. The summed E-state index contributed by atoms with van der Waals surface area (Å²) < 4.78 is 15.4. The van der Waals surface area contributed by atoms with E-state index in [1.54, 1.807) is 31.4 Å². The van der Waals surface area contributed by atoms with E-state index in [1.807, 2.05) is 0 Å². The van der Waals surface area contributed by atoms with E-state index in [0.717, 1.165) is 0 Å². The topological polar surface area (TPSA) is 107 Å². The number of hydrogen-bond acceptors (Lipinski definition) is 5. The highest BCUT2D eigenvalue weighted by Gasteiger charge is 2.03. The second-order valence-corrected chi connectivity index (χ2v) is 4.18. The molecule has 7 nitrogen and oxygen atoms in total. The van der Waals surface area contributed by atoms with Gasteiger partial charge in [-0.2, -0.15) is 0 Å². The van der Waals surface area contributed by atoms with Gasteiger partial charge >= 0.3 is 0 Å². The van der Waals surface area contributed by atoms with Crippen molar-refractivity contribution in [3.8, 4) is 5.75 Å². The first-order valence-electron chi connectivity index (χ1n) is 6.54. The molecule has 0 aliphatic rings. The van der Waals surface area contributed by atoms with Gasteiger partial charge in [0.15, 0.2) is 6.61 Å². The fourth-order valence-corrected chi connectivity index (χ4v) is 1.44. The van der Waals surface area contributed by atoms with Crippen molar-refractivity contribution >= 4 is 11.7 Å². The zero-order chi connectivity index (χ0) is 15.5. The number of ether oxygens (including phenoxy) is 3. The number of benzene rings is 1. The number of hydrogen-bond donors (Lipinski definition) is 3. The number of nitrogen functional groups attached to an aromatic ring is 1. The molecule has 0 spiro atoms. The molecule has 0 aromatic heterocycles. The van der Waals surface area contributed by atoms with Crippen LogP contribution in [0.4, 0.5) is 0 Å². The molecule has 7 heteroatoms. The van der Waals surface area contributed by atoms with Gasteiger partial charge < -0.3 is 25.3 Å². The lowest BCUT2D eigenvalue weighted by Gasteiger charge is -2.08. The van der Waals surface area contributed by atoms with Gasteiger partial charge in [-0.05, 0) is 24.3 Å². The van der Waals surface area contributed by atoms with E-state index in [9.17, 15) is 4.79 Å². The van der Waals surface area contributed by atoms with Gasteiger partial charge in [0.2, 0.25) is 0 Å². The van der Waals surface area contributed by atoms with Gasteiger partial charge in [0, 0.05) is 19.2 Å². The van der Waals surface area contributed by atoms with Gasteiger partial charge in [-0.25, -0.2) is 0 Å². The first-order valence-corrected chi connectivity index (χ1v) is 6.54. The Morgan fingerprint density at radius 1 is 1.24 bits per heavy atom. The molecular formula is C14H21N3O4. The molecule has 0 saturated heterocycles. The fraction of sp³-hybridized carbons (Fsp3) is 0.429. The molecule has 1 rings (SSSR count). The Balaban J connectivity index is 2.16. The lowest BCUT2D eigenvalue weighted by molar-refractivity contribution is -0.123. The third-order valence-corrected chi connectivity index (χ3v) is 2.54. The largest absolute Gasteiger partial charge is 0.484 e. The average molecular weight is 295 g/mol. The van der Waals surface area contributed by atoms with Gasteiger partial charge in [0.05, 0.1) is 19.8 Å². The van der Waals surface area contributed by atoms with E-state index in [1.165, 1.54) is 0 Å². The van der Waals surface area contributed by atoms with E-state index in [-0.39, 0.29) is 18.3 Å². The third kappa shape index (κ3) is 7.28. The molecule has 0 heterocycles. The summed E-state index contributed by atoms with van der Waals surface area (Å²) in [5.74, 6) is 0.320. The van der Waals surface area contributed by atoms with E-state index in [4.69, 9.17) is 25.4 Å². The molecule has 0 fully saturated rings. The van der Waals surface area contributed by atoms with Gasteiger partial charge in [-0.1, -0.05) is 0 Å². The number of amidine groups is 1. The zero-order valence-corrected chi connectivity index (χ0v) is 12.1. The Labute approximate surface area is 123 Å². The lowest BCUT2D eigenvalue weighted by atomic mass is 10.2. The summed E-state index contributed by atoms with van der Waals surface area (Å²) in [6, 6.07) is 6.66. The molecule has 1 aromatic carbocycles. The predicted octanol–water partition coefficient (Wildman–Crippen LogP) is 0.129. The highest BCUT2D eigenvalue weighted by atomic mass is 16.5. The standard InChI is InChI=1S/C14H21N3O4/c1-19-8-9-20-7-6-17-13(18)10-21-12-4-2-11(3-5-12)14(15)16/h2-5H,6-10H2,1H3,(H3,15,16)(H,17,18). The van der Waals surface area contributed by atoms with E-state index in [0.29, 0.717) is 37.7 Å². The minimum absolute atomic E-state index is 0.00670. The van der Waals surface area contributed by atoms with Crippen LogP contribution in [0.2, 0.25) is 0 Å². The normalized spacial score (nSPS) is 10.1. The summed E-state index contributed by atoms with van der Waals surface area (Å²) in [5, 5.41) is 9.94. The van der Waals surface area contributed by atoms with E-state index >= 15 is 0 Å². The van der Waals surface area contributed by atoms with Gasteiger partial charge in [-0.3, -0.25) is 10.2 Å². The van der Waals surface area contributed by atoms with Crippen LogP contribution in [0.25, 0.3) is 0 Å². The van der Waals surface area contributed by atoms with Crippen molar-refractivity contribution < 1.29 is 19.0 Å².